The van der Waals surface area contributed by atoms with E-state index in [1.807, 2.05) is 0 Å². The molecule has 0 aromatic carbocycles. The van der Waals surface area contributed by atoms with Crippen LogP contribution in [0.4, 0.5) is 0 Å². The lowest BCUT2D eigenvalue weighted by molar-refractivity contribution is 0.163. The van der Waals surface area contributed by atoms with Crippen LogP contribution in [0.2, 0.25) is 0 Å². The first kappa shape index (κ1) is 24.4. The van der Waals surface area contributed by atoms with Crippen molar-refractivity contribution in [2.45, 2.75) is 57.7 Å². The van der Waals surface area contributed by atoms with Crippen molar-refractivity contribution in [1.29, 1.82) is 0 Å². The highest BCUT2D eigenvalue weighted by molar-refractivity contribution is 7.17. The van der Waals surface area contributed by atoms with E-state index in [4.69, 9.17) is 14.7 Å². The van der Waals surface area contributed by atoms with E-state index in [9.17, 15) is 0 Å². The Labute approximate surface area is 191 Å². The zero-order chi connectivity index (χ0) is 22.2. The molecule has 31 heavy (non-hydrogen) atoms. The third kappa shape index (κ3) is 7.10. The van der Waals surface area contributed by atoms with Gasteiger partial charge in [-0.3, -0.25) is 4.99 Å². The summed E-state index contributed by atoms with van der Waals surface area (Å²) in [5, 5.41) is 0. The van der Waals surface area contributed by atoms with Gasteiger partial charge in [0, 0.05) is 33.3 Å². The number of allylic oxidation sites excluding steroid dienone is 3. The van der Waals surface area contributed by atoms with Crippen molar-refractivity contribution in [3.8, 4) is 0 Å². The van der Waals surface area contributed by atoms with E-state index in [1.165, 1.54) is 37.9 Å². The average Bonchev–Trinajstić information content (AvgIpc) is 3.42. The molecule has 4 atom stereocenters. The molecular formula is C25H41N4OP. The second-order valence-electron chi connectivity index (χ2n) is 9.20. The molecule has 3 rings (SSSR count). The lowest BCUT2D eigenvalue weighted by atomic mass is 10.0. The summed E-state index contributed by atoms with van der Waals surface area (Å²) in [5.74, 6) is 1.42. The Bertz CT molecular complexity index is 736. The Morgan fingerprint density at radius 1 is 1.32 bits per heavy atom. The lowest BCUT2D eigenvalue weighted by Gasteiger charge is -2.20. The van der Waals surface area contributed by atoms with Crippen LogP contribution in [-0.4, -0.2) is 79.6 Å². The molecule has 1 aliphatic carbocycles. The van der Waals surface area contributed by atoms with E-state index in [1.54, 1.807) is 7.11 Å². The SMILES string of the molecule is C=C1C=CC(OC)C(CCN2CCCC2)=C/C1=N/C(=N\C[C@@H](C)CC)N1CCC(P)C1. The van der Waals surface area contributed by atoms with Crippen LogP contribution in [0.3, 0.4) is 0 Å². The van der Waals surface area contributed by atoms with Crippen molar-refractivity contribution in [2.75, 3.05) is 46.4 Å². The molecule has 5 nitrogen and oxygen atoms in total. The first-order valence-corrected chi connectivity index (χ1v) is 12.6. The molecule has 0 radical (unpaired) electrons. The minimum Gasteiger partial charge on any atom is -0.373 e. The maximum absolute atomic E-state index is 5.79. The highest BCUT2D eigenvalue weighted by Gasteiger charge is 2.24. The van der Waals surface area contributed by atoms with Crippen LogP contribution in [0, 0.1) is 5.92 Å². The lowest BCUT2D eigenvalue weighted by Crippen LogP contribution is -2.29. The van der Waals surface area contributed by atoms with Crippen LogP contribution in [0.1, 0.15) is 46.0 Å². The predicted molar refractivity (Wildman–Crippen MR) is 136 cm³/mol. The zero-order valence-electron chi connectivity index (χ0n) is 19.7. The van der Waals surface area contributed by atoms with E-state index in [0.717, 1.165) is 56.3 Å². The van der Waals surface area contributed by atoms with Crippen molar-refractivity contribution in [2.24, 2.45) is 15.9 Å². The Hall–Kier alpha value is -1.29. The van der Waals surface area contributed by atoms with Gasteiger partial charge in [0.2, 0.25) is 5.96 Å². The Morgan fingerprint density at radius 2 is 2.10 bits per heavy atom. The van der Waals surface area contributed by atoms with Crippen molar-refractivity contribution in [1.82, 2.24) is 9.80 Å². The standard InChI is InChI=1S/C25H41N4OP/c1-5-19(2)17-26-25(29-15-11-22(31)18-29)27-23-16-21(10-14-28-12-6-7-13-28)24(30-4)9-8-20(23)3/h8-9,16,19,22,24H,3,5-7,10-15,17-18,31H2,1-2,4H3/b26-25+,27-23-/t19-,22?,24?/m0/s1. The van der Waals surface area contributed by atoms with Gasteiger partial charge in [0.1, 0.15) is 0 Å². The Morgan fingerprint density at radius 3 is 2.74 bits per heavy atom. The number of guanidine groups is 1. The van der Waals surface area contributed by atoms with E-state index in [-0.39, 0.29) is 6.10 Å². The average molecular weight is 445 g/mol. The predicted octanol–water partition coefficient (Wildman–Crippen LogP) is 4.33. The van der Waals surface area contributed by atoms with E-state index >= 15 is 0 Å². The molecule has 2 heterocycles. The number of nitrogens with zero attached hydrogens (tertiary/aromatic N) is 4. The molecule has 2 fully saturated rings. The summed E-state index contributed by atoms with van der Waals surface area (Å²) >= 11 is 0. The van der Waals surface area contributed by atoms with E-state index in [2.05, 4.69) is 57.7 Å². The molecule has 0 bridgehead atoms. The first-order valence-electron chi connectivity index (χ1n) is 12.0. The van der Waals surface area contributed by atoms with Crippen molar-refractivity contribution >= 4 is 20.9 Å². The molecule has 2 saturated heterocycles. The molecular weight excluding hydrogens is 403 g/mol. The van der Waals surface area contributed by atoms with Gasteiger partial charge in [0.05, 0.1) is 11.8 Å². The second-order valence-corrected chi connectivity index (χ2v) is 10.1. The van der Waals surface area contributed by atoms with Crippen LogP contribution >= 0.6 is 9.24 Å². The molecule has 0 aromatic heterocycles. The van der Waals surface area contributed by atoms with Gasteiger partial charge in [-0.1, -0.05) is 39.0 Å². The molecule has 3 aliphatic rings. The number of hydrogen-bond donors (Lipinski definition) is 0. The molecule has 3 unspecified atom stereocenters. The fourth-order valence-corrected chi connectivity index (χ4v) is 4.66. The van der Waals surface area contributed by atoms with Crippen LogP contribution < -0.4 is 0 Å². The molecule has 0 aromatic rings. The number of rotatable bonds is 7. The fraction of sp³-hybridized carbons (Fsp3) is 0.680. The minimum absolute atomic E-state index is 0.0178. The molecule has 6 heteroatoms. The number of aliphatic imine (C=N–C) groups is 2. The summed E-state index contributed by atoms with van der Waals surface area (Å²) in [6, 6.07) is 0. The molecule has 172 valence electrons. The Balaban J connectivity index is 1.86. The summed E-state index contributed by atoms with van der Waals surface area (Å²) < 4.78 is 5.79. The molecule has 2 aliphatic heterocycles. The first-order chi connectivity index (χ1) is 15.0. The fourth-order valence-electron chi connectivity index (χ4n) is 4.25. The number of ether oxygens (including phenoxy) is 1. The van der Waals surface area contributed by atoms with Crippen LogP contribution in [0.5, 0.6) is 0 Å². The third-order valence-corrected chi connectivity index (χ3v) is 7.17. The third-order valence-electron chi connectivity index (χ3n) is 6.63. The number of hydrogen-bond acceptors (Lipinski definition) is 3. The number of methoxy groups -OCH3 is 1. The quantitative estimate of drug-likeness (QED) is 0.333. The summed E-state index contributed by atoms with van der Waals surface area (Å²) in [5.41, 5.74) is 3.73. The van der Waals surface area contributed by atoms with Gasteiger partial charge >= 0.3 is 0 Å². The normalized spacial score (nSPS) is 27.8. The molecule has 0 amide bonds. The zero-order valence-corrected chi connectivity index (χ0v) is 20.9. The second kappa shape index (κ2) is 12.1. The van der Waals surface area contributed by atoms with Crippen molar-refractivity contribution < 1.29 is 4.74 Å². The highest BCUT2D eigenvalue weighted by atomic mass is 31.0. The van der Waals surface area contributed by atoms with Crippen LogP contribution in [0.25, 0.3) is 0 Å². The van der Waals surface area contributed by atoms with E-state index in [0.29, 0.717) is 11.6 Å². The summed E-state index contributed by atoms with van der Waals surface area (Å²) in [6.45, 7) is 15.1. The smallest absolute Gasteiger partial charge is 0.221 e. The molecule has 0 N–H and O–H groups in total. The molecule has 0 spiro atoms. The maximum Gasteiger partial charge on any atom is 0.221 e. The van der Waals surface area contributed by atoms with E-state index < -0.39 is 0 Å². The van der Waals surface area contributed by atoms with Crippen molar-refractivity contribution in [3.05, 3.63) is 36.0 Å². The topological polar surface area (TPSA) is 40.4 Å². The van der Waals surface area contributed by atoms with Gasteiger partial charge in [0.15, 0.2) is 0 Å². The van der Waals surface area contributed by atoms with Crippen LogP contribution in [-0.2, 0) is 4.74 Å². The highest BCUT2D eigenvalue weighted by Crippen LogP contribution is 2.22. The largest absolute Gasteiger partial charge is 0.373 e. The summed E-state index contributed by atoms with van der Waals surface area (Å²) in [7, 11) is 4.74. The summed E-state index contributed by atoms with van der Waals surface area (Å²) in [4.78, 5) is 14.9. The van der Waals surface area contributed by atoms with Gasteiger partial charge in [-0.2, -0.15) is 0 Å². The van der Waals surface area contributed by atoms with Gasteiger partial charge in [-0.05, 0) is 67.6 Å². The van der Waals surface area contributed by atoms with Gasteiger partial charge < -0.3 is 14.5 Å². The van der Waals surface area contributed by atoms with Gasteiger partial charge in [0.25, 0.3) is 0 Å². The monoisotopic (exact) mass is 444 g/mol. The van der Waals surface area contributed by atoms with Crippen LogP contribution in [0.15, 0.2) is 45.9 Å². The van der Waals surface area contributed by atoms with Gasteiger partial charge in [-0.15, -0.1) is 9.24 Å². The summed E-state index contributed by atoms with van der Waals surface area (Å²) in [6.07, 6.45) is 12.3. The van der Waals surface area contributed by atoms with Gasteiger partial charge in [-0.25, -0.2) is 4.99 Å². The van der Waals surface area contributed by atoms with Crippen molar-refractivity contribution in [3.63, 3.8) is 0 Å². The molecule has 0 saturated carbocycles. The Kier molecular flexibility index (Phi) is 9.49. The number of likely N-dealkylation sites (tertiary alicyclic amines) is 2. The maximum atomic E-state index is 5.79. The minimum atomic E-state index is -0.0178.